The summed E-state index contributed by atoms with van der Waals surface area (Å²) in [5.41, 5.74) is -2.05. The number of rotatable bonds is 3. The molecule has 0 amide bonds. The van der Waals surface area contributed by atoms with E-state index in [9.17, 15) is 26.7 Å². The number of hydrogen-bond donors (Lipinski definition) is 1. The second-order valence-corrected chi connectivity index (χ2v) is 8.99. The monoisotopic (exact) mass is 432 g/mol. The van der Waals surface area contributed by atoms with Crippen molar-refractivity contribution in [2.45, 2.75) is 23.7 Å². The highest BCUT2D eigenvalue weighted by molar-refractivity contribution is 7.90. The average molecular weight is 433 g/mol. The van der Waals surface area contributed by atoms with Crippen LogP contribution in [0.15, 0.2) is 52.4 Å². The Morgan fingerprint density at radius 2 is 1.79 bits per heavy atom. The normalized spacial score (nSPS) is 20.4. The van der Waals surface area contributed by atoms with Crippen LogP contribution in [0.25, 0.3) is 0 Å². The maximum atomic E-state index is 13.4. The minimum absolute atomic E-state index is 0.0300. The number of aliphatic imine (C=N–C) groups is 1. The molecular formula is C18H16ClF3N2O3S. The van der Waals surface area contributed by atoms with Gasteiger partial charge in [-0.3, -0.25) is 0 Å². The number of halogens is 4. The van der Waals surface area contributed by atoms with Crippen molar-refractivity contribution in [1.29, 1.82) is 0 Å². The lowest BCUT2D eigenvalue weighted by molar-refractivity contribution is -0.249. The number of sulfone groups is 1. The highest BCUT2D eigenvalue weighted by Crippen LogP contribution is 2.39. The molecule has 0 spiro atoms. The molecule has 1 unspecified atom stereocenters. The maximum absolute atomic E-state index is 13.4. The van der Waals surface area contributed by atoms with E-state index >= 15 is 0 Å². The van der Waals surface area contributed by atoms with Gasteiger partial charge in [-0.15, -0.1) is 0 Å². The molecule has 2 aromatic rings. The third kappa shape index (κ3) is 3.74. The molecule has 150 valence electrons. The Morgan fingerprint density at radius 3 is 2.29 bits per heavy atom. The molecule has 0 fully saturated rings. The smallest absolute Gasteiger partial charge is 0.361 e. The molecule has 0 radical (unpaired) electrons. The highest BCUT2D eigenvalue weighted by Gasteiger charge is 2.58. The molecule has 0 saturated heterocycles. The summed E-state index contributed by atoms with van der Waals surface area (Å²) in [7, 11) is -3.46. The molecule has 0 aliphatic carbocycles. The van der Waals surface area contributed by atoms with Crippen LogP contribution in [0.4, 0.5) is 18.9 Å². The van der Waals surface area contributed by atoms with Crippen LogP contribution in [0.2, 0.25) is 5.02 Å². The van der Waals surface area contributed by atoms with Gasteiger partial charge in [0.2, 0.25) is 0 Å². The zero-order valence-corrected chi connectivity index (χ0v) is 16.4. The van der Waals surface area contributed by atoms with Crippen molar-refractivity contribution in [3.63, 3.8) is 0 Å². The topological polar surface area (TPSA) is 70.0 Å². The highest BCUT2D eigenvalue weighted by atomic mass is 35.5. The van der Waals surface area contributed by atoms with Crippen LogP contribution in [0.3, 0.4) is 0 Å². The van der Waals surface area contributed by atoms with Crippen LogP contribution in [-0.4, -0.2) is 44.1 Å². The number of aliphatic hydroxyl groups is 1. The van der Waals surface area contributed by atoms with Crippen LogP contribution in [-0.2, 0) is 9.84 Å². The summed E-state index contributed by atoms with van der Waals surface area (Å²) in [4.78, 5) is 4.80. The van der Waals surface area contributed by atoms with Gasteiger partial charge in [0.1, 0.15) is 5.84 Å². The first-order chi connectivity index (χ1) is 12.8. The van der Waals surface area contributed by atoms with E-state index in [1.165, 1.54) is 41.3 Å². The Balaban J connectivity index is 2.10. The molecule has 3 rings (SSSR count). The molecule has 10 heteroatoms. The van der Waals surface area contributed by atoms with Crippen molar-refractivity contribution in [1.82, 2.24) is 0 Å². The Bertz CT molecular complexity index is 1050. The maximum Gasteiger partial charge on any atom is 0.440 e. The zero-order valence-electron chi connectivity index (χ0n) is 14.8. The standard InChI is InChI=1S/C18H16ClF3N2O3S/c1-11-9-12(3-8-15(11)19)16-23-17(25,18(20,21)22)10-24(16)13-4-6-14(7-5-13)28(2,26)27/h3-9,25H,10H2,1-2H3. The SMILES string of the molecule is Cc1cc(C2=NC(O)(C(F)(F)F)CN2c2ccc(S(C)(=O)=O)cc2)ccc1Cl. The summed E-state index contributed by atoms with van der Waals surface area (Å²) in [5.74, 6) is -0.0910. The lowest BCUT2D eigenvalue weighted by Gasteiger charge is -2.25. The minimum Gasteiger partial charge on any atom is -0.361 e. The van der Waals surface area contributed by atoms with Crippen LogP contribution >= 0.6 is 11.6 Å². The molecule has 0 saturated carbocycles. The number of alkyl halides is 3. The van der Waals surface area contributed by atoms with E-state index in [-0.39, 0.29) is 16.4 Å². The number of benzene rings is 2. The number of anilines is 1. The molecule has 1 heterocycles. The number of hydrogen-bond acceptors (Lipinski definition) is 5. The van der Waals surface area contributed by atoms with Gasteiger partial charge in [-0.1, -0.05) is 11.6 Å². The number of aryl methyl sites for hydroxylation is 1. The van der Waals surface area contributed by atoms with Crippen molar-refractivity contribution in [3.05, 3.63) is 58.6 Å². The van der Waals surface area contributed by atoms with Gasteiger partial charge in [0, 0.05) is 22.5 Å². The quantitative estimate of drug-likeness (QED) is 0.805. The van der Waals surface area contributed by atoms with E-state index in [2.05, 4.69) is 4.99 Å². The number of nitrogens with zero attached hydrogens (tertiary/aromatic N) is 2. The van der Waals surface area contributed by atoms with E-state index in [0.717, 1.165) is 6.26 Å². The van der Waals surface area contributed by atoms with E-state index in [1.54, 1.807) is 13.0 Å². The summed E-state index contributed by atoms with van der Waals surface area (Å²) >= 11 is 5.99. The predicted octanol–water partition coefficient (Wildman–Crippen LogP) is 3.57. The summed E-state index contributed by atoms with van der Waals surface area (Å²) in [6.45, 7) is 0.842. The molecule has 0 bridgehead atoms. The van der Waals surface area contributed by atoms with Crippen molar-refractivity contribution in [2.75, 3.05) is 17.7 Å². The van der Waals surface area contributed by atoms with Gasteiger partial charge in [0.15, 0.2) is 9.84 Å². The van der Waals surface area contributed by atoms with Crippen LogP contribution in [0.5, 0.6) is 0 Å². The van der Waals surface area contributed by atoms with E-state index in [4.69, 9.17) is 11.6 Å². The van der Waals surface area contributed by atoms with Gasteiger partial charge in [-0.25, -0.2) is 13.4 Å². The largest absolute Gasteiger partial charge is 0.440 e. The lowest BCUT2D eigenvalue weighted by atomic mass is 10.1. The Hall–Kier alpha value is -2.10. The summed E-state index contributed by atoms with van der Waals surface area (Å²) in [6.07, 6.45) is -3.95. The fraction of sp³-hybridized carbons (Fsp3) is 0.278. The predicted molar refractivity (Wildman–Crippen MR) is 101 cm³/mol. The van der Waals surface area contributed by atoms with E-state index in [1.807, 2.05) is 0 Å². The van der Waals surface area contributed by atoms with Crippen molar-refractivity contribution in [2.24, 2.45) is 4.99 Å². The van der Waals surface area contributed by atoms with Crippen molar-refractivity contribution >= 4 is 33.0 Å². The van der Waals surface area contributed by atoms with Gasteiger partial charge in [0.25, 0.3) is 5.72 Å². The van der Waals surface area contributed by atoms with E-state index in [0.29, 0.717) is 16.1 Å². The van der Waals surface area contributed by atoms with Gasteiger partial charge in [-0.05, 0) is 55.0 Å². The molecule has 5 nitrogen and oxygen atoms in total. The summed E-state index contributed by atoms with van der Waals surface area (Å²) in [6, 6.07) is 9.94. The minimum atomic E-state index is -4.98. The van der Waals surface area contributed by atoms with Crippen molar-refractivity contribution in [3.8, 4) is 0 Å². The Kier molecular flexibility index (Phi) is 4.97. The van der Waals surface area contributed by atoms with E-state index < -0.39 is 28.3 Å². The van der Waals surface area contributed by atoms with Crippen LogP contribution in [0.1, 0.15) is 11.1 Å². The average Bonchev–Trinajstić information content (AvgIpc) is 2.96. The Morgan fingerprint density at radius 1 is 1.18 bits per heavy atom. The lowest BCUT2D eigenvalue weighted by Crippen LogP contribution is -2.47. The molecule has 1 N–H and O–H groups in total. The van der Waals surface area contributed by atoms with Gasteiger partial charge >= 0.3 is 6.18 Å². The first-order valence-electron chi connectivity index (χ1n) is 8.05. The molecule has 0 aromatic heterocycles. The third-order valence-electron chi connectivity index (χ3n) is 4.37. The molecule has 2 aromatic carbocycles. The fourth-order valence-corrected chi connectivity index (χ4v) is 3.56. The van der Waals surface area contributed by atoms with Gasteiger partial charge in [0.05, 0.1) is 11.4 Å². The van der Waals surface area contributed by atoms with Crippen LogP contribution in [0, 0.1) is 6.92 Å². The first kappa shape index (κ1) is 20.6. The summed E-state index contributed by atoms with van der Waals surface area (Å²) < 4.78 is 63.4. The molecule has 1 atom stereocenters. The third-order valence-corrected chi connectivity index (χ3v) is 5.92. The molecule has 1 aliphatic rings. The first-order valence-corrected chi connectivity index (χ1v) is 10.3. The second kappa shape index (κ2) is 6.75. The van der Waals surface area contributed by atoms with Gasteiger partial charge in [-0.2, -0.15) is 13.2 Å². The number of amidine groups is 1. The number of β-amino-alcohol motifs (C(OH)–C–C–N with tert-alkyl or cyclic N) is 1. The van der Waals surface area contributed by atoms with Crippen LogP contribution < -0.4 is 4.90 Å². The fourth-order valence-electron chi connectivity index (χ4n) is 2.81. The molecule has 1 aliphatic heterocycles. The molecular weight excluding hydrogens is 417 g/mol. The molecule has 28 heavy (non-hydrogen) atoms. The second-order valence-electron chi connectivity index (χ2n) is 6.57. The zero-order chi connectivity index (χ0) is 20.9. The van der Waals surface area contributed by atoms with Crippen molar-refractivity contribution < 1.29 is 26.7 Å². The van der Waals surface area contributed by atoms with Gasteiger partial charge < -0.3 is 10.0 Å². The Labute approximate surface area is 165 Å². The summed E-state index contributed by atoms with van der Waals surface area (Å²) in [5, 5.41) is 10.6.